The monoisotopic (exact) mass is 461 g/mol. The number of hydrogen-bond donors (Lipinski definition) is 5. The number of hydrogen-bond acceptors (Lipinski definition) is 5. The Balaban J connectivity index is 2.55. The van der Waals surface area contributed by atoms with E-state index in [4.69, 9.17) is 0 Å². The van der Waals surface area contributed by atoms with Crippen molar-refractivity contribution in [3.05, 3.63) is 35.9 Å². The van der Waals surface area contributed by atoms with Gasteiger partial charge in [-0.1, -0.05) is 44.2 Å². The Kier molecular flexibility index (Phi) is 12.9. The second-order valence-corrected chi connectivity index (χ2v) is 7.97. The molecule has 1 unspecified atom stereocenters. The molecule has 10 heteroatoms. The van der Waals surface area contributed by atoms with Gasteiger partial charge in [0.25, 0.3) is 0 Å². The SMILES string of the molecule is CCNC(=O)CNC(=O)C(Cc1ccccc1)NC(=O)CNC(=O)CNC(=O)CCC(C)C. The first-order valence-corrected chi connectivity index (χ1v) is 11.1. The van der Waals surface area contributed by atoms with E-state index in [1.54, 1.807) is 6.92 Å². The summed E-state index contributed by atoms with van der Waals surface area (Å²) in [5, 5.41) is 12.6. The lowest BCUT2D eigenvalue weighted by Gasteiger charge is -2.19. The van der Waals surface area contributed by atoms with Crippen molar-refractivity contribution in [2.24, 2.45) is 5.92 Å². The maximum absolute atomic E-state index is 12.6. The fourth-order valence-corrected chi connectivity index (χ4v) is 2.78. The number of nitrogens with one attached hydrogen (secondary N) is 5. The van der Waals surface area contributed by atoms with Crippen LogP contribution in [0.4, 0.5) is 0 Å². The van der Waals surface area contributed by atoms with E-state index >= 15 is 0 Å². The number of likely N-dealkylation sites (N-methyl/N-ethyl adjacent to an activating group) is 1. The maximum Gasteiger partial charge on any atom is 0.243 e. The third-order valence-electron chi connectivity index (χ3n) is 4.57. The third kappa shape index (κ3) is 12.9. The van der Waals surface area contributed by atoms with Crippen LogP contribution < -0.4 is 26.6 Å². The molecule has 182 valence electrons. The average molecular weight is 462 g/mol. The minimum atomic E-state index is -0.929. The Hall–Kier alpha value is -3.43. The van der Waals surface area contributed by atoms with Gasteiger partial charge >= 0.3 is 0 Å². The van der Waals surface area contributed by atoms with Gasteiger partial charge in [0.15, 0.2) is 0 Å². The first-order valence-electron chi connectivity index (χ1n) is 11.1. The lowest BCUT2D eigenvalue weighted by Crippen LogP contribution is -2.52. The molecule has 1 atom stereocenters. The molecule has 1 aromatic rings. The molecule has 0 heterocycles. The molecule has 10 nitrogen and oxygen atoms in total. The molecule has 5 N–H and O–H groups in total. The van der Waals surface area contributed by atoms with Crippen molar-refractivity contribution in [1.29, 1.82) is 0 Å². The third-order valence-corrected chi connectivity index (χ3v) is 4.57. The van der Waals surface area contributed by atoms with Crippen LogP contribution in [0.15, 0.2) is 30.3 Å². The van der Waals surface area contributed by atoms with Crippen molar-refractivity contribution in [2.45, 2.75) is 46.1 Å². The van der Waals surface area contributed by atoms with Crippen molar-refractivity contribution in [3.63, 3.8) is 0 Å². The van der Waals surface area contributed by atoms with Crippen molar-refractivity contribution in [2.75, 3.05) is 26.2 Å². The summed E-state index contributed by atoms with van der Waals surface area (Å²) in [7, 11) is 0. The molecule has 33 heavy (non-hydrogen) atoms. The molecular weight excluding hydrogens is 426 g/mol. The zero-order chi connectivity index (χ0) is 24.6. The molecule has 0 aliphatic heterocycles. The van der Waals surface area contributed by atoms with Crippen molar-refractivity contribution < 1.29 is 24.0 Å². The average Bonchev–Trinajstić information content (AvgIpc) is 2.78. The van der Waals surface area contributed by atoms with E-state index < -0.39 is 23.8 Å². The van der Waals surface area contributed by atoms with Gasteiger partial charge in [-0.3, -0.25) is 24.0 Å². The summed E-state index contributed by atoms with van der Waals surface area (Å²) in [6.45, 7) is 5.43. The number of rotatable bonds is 14. The van der Waals surface area contributed by atoms with Crippen LogP contribution in [0.1, 0.15) is 39.2 Å². The summed E-state index contributed by atoms with van der Waals surface area (Å²) >= 11 is 0. The fraction of sp³-hybridized carbons (Fsp3) is 0.522. The smallest absolute Gasteiger partial charge is 0.243 e. The van der Waals surface area contributed by atoms with E-state index in [-0.39, 0.29) is 37.9 Å². The Labute approximate surface area is 194 Å². The molecule has 0 aliphatic rings. The minimum absolute atomic E-state index is 0.207. The summed E-state index contributed by atoms with van der Waals surface area (Å²) < 4.78 is 0. The van der Waals surface area contributed by atoms with Crippen molar-refractivity contribution in [3.8, 4) is 0 Å². The zero-order valence-electron chi connectivity index (χ0n) is 19.5. The van der Waals surface area contributed by atoms with Gasteiger partial charge in [0.2, 0.25) is 29.5 Å². The Morgan fingerprint density at radius 2 is 1.33 bits per heavy atom. The molecule has 0 aliphatic carbocycles. The molecule has 1 aromatic carbocycles. The van der Waals surface area contributed by atoms with Gasteiger partial charge < -0.3 is 26.6 Å². The number of benzene rings is 1. The van der Waals surface area contributed by atoms with E-state index in [1.165, 1.54) is 0 Å². The Morgan fingerprint density at radius 1 is 0.758 bits per heavy atom. The van der Waals surface area contributed by atoms with Crippen LogP contribution >= 0.6 is 0 Å². The van der Waals surface area contributed by atoms with E-state index in [0.29, 0.717) is 18.9 Å². The minimum Gasteiger partial charge on any atom is -0.355 e. The van der Waals surface area contributed by atoms with Crippen LogP contribution in [0, 0.1) is 5.92 Å². The molecule has 0 saturated carbocycles. The van der Waals surface area contributed by atoms with E-state index in [9.17, 15) is 24.0 Å². The fourth-order valence-electron chi connectivity index (χ4n) is 2.78. The molecule has 0 saturated heterocycles. The highest BCUT2D eigenvalue weighted by molar-refractivity contribution is 5.92. The summed E-state index contributed by atoms with van der Waals surface area (Å²) in [5.41, 5.74) is 0.823. The lowest BCUT2D eigenvalue weighted by atomic mass is 10.1. The molecule has 1 rings (SSSR count). The number of carbonyl (C=O) groups excluding carboxylic acids is 5. The van der Waals surface area contributed by atoms with Gasteiger partial charge in [0.05, 0.1) is 19.6 Å². The quantitative estimate of drug-likeness (QED) is 0.257. The lowest BCUT2D eigenvalue weighted by molar-refractivity contribution is -0.131. The second kappa shape index (κ2) is 15.4. The highest BCUT2D eigenvalue weighted by Crippen LogP contribution is 2.04. The molecule has 5 amide bonds. The molecule has 0 bridgehead atoms. The highest BCUT2D eigenvalue weighted by Gasteiger charge is 2.22. The molecule has 0 spiro atoms. The standard InChI is InChI=1S/C23H35N5O5/c1-4-24-20(30)14-27-23(33)18(12-17-8-6-5-7-9-17)28-22(32)15-26-21(31)13-25-19(29)11-10-16(2)3/h5-9,16,18H,4,10-15H2,1-3H3,(H,24,30)(H,25,29)(H,26,31)(H,27,33)(H,28,32). The van der Waals surface area contributed by atoms with E-state index in [0.717, 1.165) is 12.0 Å². The topological polar surface area (TPSA) is 146 Å². The van der Waals surface area contributed by atoms with Gasteiger partial charge in [0, 0.05) is 19.4 Å². The predicted molar refractivity (Wildman–Crippen MR) is 124 cm³/mol. The number of carbonyl (C=O) groups is 5. The largest absolute Gasteiger partial charge is 0.355 e. The van der Waals surface area contributed by atoms with Gasteiger partial charge in [-0.15, -0.1) is 0 Å². The van der Waals surface area contributed by atoms with Crippen LogP contribution in [-0.2, 0) is 30.4 Å². The number of amides is 5. The first-order chi connectivity index (χ1) is 15.7. The molecular formula is C23H35N5O5. The highest BCUT2D eigenvalue weighted by atomic mass is 16.2. The Morgan fingerprint density at radius 3 is 1.97 bits per heavy atom. The van der Waals surface area contributed by atoms with Crippen LogP contribution in [0.25, 0.3) is 0 Å². The molecule has 0 fully saturated rings. The van der Waals surface area contributed by atoms with Crippen molar-refractivity contribution in [1.82, 2.24) is 26.6 Å². The summed E-state index contributed by atoms with van der Waals surface area (Å²) in [6, 6.07) is 8.18. The summed E-state index contributed by atoms with van der Waals surface area (Å²) in [5.74, 6) is -1.77. The van der Waals surface area contributed by atoms with Crippen LogP contribution in [-0.4, -0.2) is 61.8 Å². The van der Waals surface area contributed by atoms with E-state index in [2.05, 4.69) is 26.6 Å². The van der Waals surface area contributed by atoms with Gasteiger partial charge in [-0.2, -0.15) is 0 Å². The van der Waals surface area contributed by atoms with Crippen molar-refractivity contribution >= 4 is 29.5 Å². The van der Waals surface area contributed by atoms with Crippen LogP contribution in [0.3, 0.4) is 0 Å². The normalized spacial score (nSPS) is 11.3. The molecule has 0 radical (unpaired) electrons. The van der Waals surface area contributed by atoms with E-state index in [1.807, 2.05) is 44.2 Å². The zero-order valence-corrected chi connectivity index (χ0v) is 19.5. The van der Waals surface area contributed by atoms with Crippen LogP contribution in [0.2, 0.25) is 0 Å². The first kappa shape index (κ1) is 27.6. The van der Waals surface area contributed by atoms with Crippen LogP contribution in [0.5, 0.6) is 0 Å². The summed E-state index contributed by atoms with van der Waals surface area (Å²) in [6.07, 6.45) is 1.27. The molecule has 0 aromatic heterocycles. The summed E-state index contributed by atoms with van der Waals surface area (Å²) in [4.78, 5) is 60.1. The van der Waals surface area contributed by atoms with Gasteiger partial charge in [-0.25, -0.2) is 0 Å². The maximum atomic E-state index is 12.6. The van der Waals surface area contributed by atoms with Gasteiger partial charge in [-0.05, 0) is 24.8 Å². The Bertz CT molecular complexity index is 798. The predicted octanol–water partition coefficient (Wildman–Crippen LogP) is -0.365. The van der Waals surface area contributed by atoms with Gasteiger partial charge in [0.1, 0.15) is 6.04 Å². The second-order valence-electron chi connectivity index (χ2n) is 7.97.